The van der Waals surface area contributed by atoms with Crippen LogP contribution in [-0.2, 0) is 0 Å². The van der Waals surface area contributed by atoms with Gasteiger partial charge in [-0.3, -0.25) is 0 Å². The Kier molecular flexibility index (Phi) is 6.36. The van der Waals surface area contributed by atoms with Crippen molar-refractivity contribution in [3.05, 3.63) is 0 Å². The van der Waals surface area contributed by atoms with Crippen molar-refractivity contribution in [2.24, 2.45) is 17.3 Å². The van der Waals surface area contributed by atoms with E-state index in [-0.39, 0.29) is 0 Å². The minimum atomic E-state index is 0.404. The predicted octanol–water partition coefficient (Wildman–Crippen LogP) is 5.40. The normalized spacial score (nSPS) is 25.6. The summed E-state index contributed by atoms with van der Waals surface area (Å²) in [6, 6.07) is 0. The zero-order valence-electron chi connectivity index (χ0n) is 14.3. The molecule has 0 amide bonds. The van der Waals surface area contributed by atoms with Gasteiger partial charge in [0.1, 0.15) is 0 Å². The first-order chi connectivity index (χ1) is 8.87. The Morgan fingerprint density at radius 3 is 1.68 bits per heavy atom. The van der Waals surface area contributed by atoms with E-state index in [4.69, 9.17) is 0 Å². The number of rotatable bonds is 6. The quantitative estimate of drug-likeness (QED) is 0.679. The molecule has 114 valence electrons. The Morgan fingerprint density at radius 2 is 1.32 bits per heavy atom. The summed E-state index contributed by atoms with van der Waals surface area (Å²) in [7, 11) is 0. The van der Waals surface area contributed by atoms with Gasteiger partial charge in [-0.15, -0.1) is 0 Å². The Balaban J connectivity index is 2.37. The summed E-state index contributed by atoms with van der Waals surface area (Å²) in [5.41, 5.74) is 0.916. The highest BCUT2D eigenvalue weighted by atomic mass is 15.0. The second kappa shape index (κ2) is 7.11. The molecule has 0 bridgehead atoms. The molecule has 1 N–H and O–H groups in total. The molecule has 0 aliphatic heterocycles. The Labute approximate surface area is 121 Å². The highest BCUT2D eigenvalue weighted by molar-refractivity contribution is 4.87. The SMILES string of the molecule is CCC(CC)(CC)NCC1CCC(C(C)(C)C)CC1. The lowest BCUT2D eigenvalue weighted by Gasteiger charge is -2.39. The van der Waals surface area contributed by atoms with Crippen molar-refractivity contribution in [3.63, 3.8) is 0 Å². The summed E-state index contributed by atoms with van der Waals surface area (Å²) in [6.45, 7) is 15.5. The van der Waals surface area contributed by atoms with Gasteiger partial charge in [0, 0.05) is 5.54 Å². The van der Waals surface area contributed by atoms with E-state index in [9.17, 15) is 0 Å². The molecule has 0 aromatic carbocycles. The van der Waals surface area contributed by atoms with Crippen LogP contribution in [0.2, 0.25) is 0 Å². The van der Waals surface area contributed by atoms with Crippen molar-refractivity contribution in [2.75, 3.05) is 6.54 Å². The van der Waals surface area contributed by atoms with Crippen LogP contribution >= 0.6 is 0 Å². The first-order valence-electron chi connectivity index (χ1n) is 8.62. The molecule has 1 heteroatoms. The largest absolute Gasteiger partial charge is 0.311 e. The van der Waals surface area contributed by atoms with Crippen LogP contribution in [0.4, 0.5) is 0 Å². The molecule has 0 aromatic rings. The summed E-state index contributed by atoms with van der Waals surface area (Å²) < 4.78 is 0. The summed E-state index contributed by atoms with van der Waals surface area (Å²) in [5, 5.41) is 3.91. The van der Waals surface area contributed by atoms with Gasteiger partial charge in [-0.25, -0.2) is 0 Å². The standard InChI is InChI=1S/C18H37N/c1-7-18(8-2,9-3)19-14-15-10-12-16(13-11-15)17(4,5)6/h15-16,19H,7-14H2,1-6H3. The van der Waals surface area contributed by atoms with Crippen LogP contribution in [0.15, 0.2) is 0 Å². The highest BCUT2D eigenvalue weighted by Crippen LogP contribution is 2.39. The van der Waals surface area contributed by atoms with Crippen molar-refractivity contribution in [1.29, 1.82) is 0 Å². The minimum Gasteiger partial charge on any atom is -0.311 e. The van der Waals surface area contributed by atoms with E-state index in [2.05, 4.69) is 46.9 Å². The van der Waals surface area contributed by atoms with E-state index in [1.54, 1.807) is 0 Å². The Bertz CT molecular complexity index is 231. The Hall–Kier alpha value is -0.0400. The molecular formula is C18H37N. The lowest BCUT2D eigenvalue weighted by molar-refractivity contribution is 0.141. The molecule has 0 atom stereocenters. The van der Waals surface area contributed by atoms with E-state index in [0.29, 0.717) is 11.0 Å². The second-order valence-corrected chi connectivity index (χ2v) is 7.81. The zero-order chi connectivity index (χ0) is 14.5. The van der Waals surface area contributed by atoms with Gasteiger partial charge in [0.05, 0.1) is 0 Å². The molecule has 0 spiro atoms. The van der Waals surface area contributed by atoms with Crippen molar-refractivity contribution in [3.8, 4) is 0 Å². The third kappa shape index (κ3) is 4.77. The van der Waals surface area contributed by atoms with Crippen LogP contribution < -0.4 is 5.32 Å². The maximum atomic E-state index is 3.91. The van der Waals surface area contributed by atoms with Crippen LogP contribution in [0, 0.1) is 17.3 Å². The maximum Gasteiger partial charge on any atom is 0.0173 e. The monoisotopic (exact) mass is 267 g/mol. The highest BCUT2D eigenvalue weighted by Gasteiger charge is 2.31. The van der Waals surface area contributed by atoms with Crippen LogP contribution in [0.25, 0.3) is 0 Å². The van der Waals surface area contributed by atoms with E-state index in [1.807, 2.05) is 0 Å². The van der Waals surface area contributed by atoms with Crippen molar-refractivity contribution in [2.45, 2.75) is 92.0 Å². The first kappa shape index (κ1) is 17.0. The first-order valence-corrected chi connectivity index (χ1v) is 8.62. The summed E-state index contributed by atoms with van der Waals surface area (Å²) in [6.07, 6.45) is 9.52. The van der Waals surface area contributed by atoms with Crippen molar-refractivity contribution >= 4 is 0 Å². The predicted molar refractivity (Wildman–Crippen MR) is 86.5 cm³/mol. The third-order valence-electron chi connectivity index (χ3n) is 5.87. The molecule has 0 aromatic heterocycles. The van der Waals surface area contributed by atoms with Crippen LogP contribution in [0.1, 0.15) is 86.5 Å². The lowest BCUT2D eigenvalue weighted by Crippen LogP contribution is -2.46. The molecule has 1 saturated carbocycles. The smallest absolute Gasteiger partial charge is 0.0173 e. The van der Waals surface area contributed by atoms with Gasteiger partial charge in [-0.05, 0) is 68.7 Å². The van der Waals surface area contributed by atoms with Gasteiger partial charge in [-0.1, -0.05) is 41.5 Å². The van der Waals surface area contributed by atoms with Crippen molar-refractivity contribution < 1.29 is 0 Å². The molecule has 1 aliphatic rings. The number of hydrogen-bond acceptors (Lipinski definition) is 1. The zero-order valence-corrected chi connectivity index (χ0v) is 14.3. The molecular weight excluding hydrogens is 230 g/mol. The lowest BCUT2D eigenvalue weighted by atomic mass is 9.70. The van der Waals surface area contributed by atoms with Crippen LogP contribution in [0.3, 0.4) is 0 Å². The van der Waals surface area contributed by atoms with E-state index >= 15 is 0 Å². The molecule has 19 heavy (non-hydrogen) atoms. The van der Waals surface area contributed by atoms with Gasteiger partial charge in [0.25, 0.3) is 0 Å². The average Bonchev–Trinajstić information content (AvgIpc) is 2.40. The Morgan fingerprint density at radius 1 is 0.842 bits per heavy atom. The van der Waals surface area contributed by atoms with Gasteiger partial charge in [0.15, 0.2) is 0 Å². The molecule has 1 nitrogen and oxygen atoms in total. The fourth-order valence-corrected chi connectivity index (χ4v) is 3.72. The van der Waals surface area contributed by atoms with Gasteiger partial charge < -0.3 is 5.32 Å². The summed E-state index contributed by atoms with van der Waals surface area (Å²) >= 11 is 0. The maximum absolute atomic E-state index is 3.91. The third-order valence-corrected chi connectivity index (χ3v) is 5.87. The minimum absolute atomic E-state index is 0.404. The number of nitrogens with one attached hydrogen (secondary N) is 1. The fourth-order valence-electron chi connectivity index (χ4n) is 3.72. The molecule has 0 radical (unpaired) electrons. The molecule has 1 aliphatic carbocycles. The summed E-state index contributed by atoms with van der Waals surface area (Å²) in [4.78, 5) is 0. The number of hydrogen-bond donors (Lipinski definition) is 1. The van der Waals surface area contributed by atoms with Crippen LogP contribution in [-0.4, -0.2) is 12.1 Å². The molecule has 1 rings (SSSR count). The van der Waals surface area contributed by atoms with Gasteiger partial charge in [0.2, 0.25) is 0 Å². The van der Waals surface area contributed by atoms with Crippen molar-refractivity contribution in [1.82, 2.24) is 5.32 Å². The van der Waals surface area contributed by atoms with E-state index < -0.39 is 0 Å². The molecule has 1 fully saturated rings. The van der Waals surface area contributed by atoms with Gasteiger partial charge in [-0.2, -0.15) is 0 Å². The second-order valence-electron chi connectivity index (χ2n) is 7.81. The van der Waals surface area contributed by atoms with E-state index in [1.165, 1.54) is 51.5 Å². The fraction of sp³-hybridized carbons (Fsp3) is 1.00. The van der Waals surface area contributed by atoms with E-state index in [0.717, 1.165) is 11.8 Å². The summed E-state index contributed by atoms with van der Waals surface area (Å²) in [5.74, 6) is 1.86. The molecule has 0 heterocycles. The molecule has 0 unspecified atom stereocenters. The molecule has 0 saturated heterocycles. The average molecular weight is 268 g/mol. The topological polar surface area (TPSA) is 12.0 Å². The van der Waals surface area contributed by atoms with Gasteiger partial charge >= 0.3 is 0 Å². The van der Waals surface area contributed by atoms with Crippen LogP contribution in [0.5, 0.6) is 0 Å².